The van der Waals surface area contributed by atoms with Crippen molar-refractivity contribution in [3.63, 3.8) is 0 Å². The normalized spacial score (nSPS) is 11.2. The number of hydrogen-bond donors (Lipinski definition) is 2. The van der Waals surface area contributed by atoms with Gasteiger partial charge in [-0.2, -0.15) is 0 Å². The van der Waals surface area contributed by atoms with Crippen LogP contribution in [0.1, 0.15) is 0 Å². The fourth-order valence-corrected chi connectivity index (χ4v) is 2.13. The maximum absolute atomic E-state index is 13.9. The standard InChI is InChI=1S/C14H10F2N2/c15-12-6-13(18)14(16)11-4-7-1-2-9(17)3-8(7)5-10(11)12/h1-6H,17-18H2. The van der Waals surface area contributed by atoms with Crippen molar-refractivity contribution in [2.45, 2.75) is 0 Å². The highest BCUT2D eigenvalue weighted by Crippen LogP contribution is 2.30. The Hall–Kier alpha value is -2.36. The molecule has 0 bridgehead atoms. The molecule has 0 saturated carbocycles. The molecule has 0 amide bonds. The lowest BCUT2D eigenvalue weighted by Gasteiger charge is -2.07. The summed E-state index contributed by atoms with van der Waals surface area (Å²) >= 11 is 0. The van der Waals surface area contributed by atoms with Gasteiger partial charge in [0, 0.05) is 22.5 Å². The molecule has 0 fully saturated rings. The molecule has 0 saturated heterocycles. The molecule has 2 nitrogen and oxygen atoms in total. The number of nitrogen functional groups attached to an aromatic ring is 2. The average Bonchev–Trinajstić information content (AvgIpc) is 2.34. The van der Waals surface area contributed by atoms with Gasteiger partial charge in [0.15, 0.2) is 5.82 Å². The number of fused-ring (bicyclic) bond motifs is 2. The monoisotopic (exact) mass is 244 g/mol. The van der Waals surface area contributed by atoms with E-state index < -0.39 is 11.6 Å². The van der Waals surface area contributed by atoms with Crippen LogP contribution < -0.4 is 11.5 Å². The second kappa shape index (κ2) is 3.57. The maximum Gasteiger partial charge on any atom is 0.154 e. The highest BCUT2D eigenvalue weighted by Gasteiger charge is 2.11. The van der Waals surface area contributed by atoms with Crippen LogP contribution in [-0.4, -0.2) is 0 Å². The van der Waals surface area contributed by atoms with Gasteiger partial charge in [0.25, 0.3) is 0 Å². The summed E-state index contributed by atoms with van der Waals surface area (Å²) in [5, 5.41) is 1.95. The third kappa shape index (κ3) is 1.46. The van der Waals surface area contributed by atoms with Gasteiger partial charge < -0.3 is 11.5 Å². The zero-order chi connectivity index (χ0) is 12.9. The molecule has 0 spiro atoms. The second-order valence-electron chi connectivity index (χ2n) is 4.27. The van der Waals surface area contributed by atoms with Gasteiger partial charge in [0.1, 0.15) is 5.82 Å². The van der Waals surface area contributed by atoms with Crippen LogP contribution in [0.15, 0.2) is 36.4 Å². The Bertz CT molecular complexity index is 782. The number of hydrogen-bond acceptors (Lipinski definition) is 2. The Morgan fingerprint density at radius 2 is 1.50 bits per heavy atom. The summed E-state index contributed by atoms with van der Waals surface area (Å²) < 4.78 is 27.6. The topological polar surface area (TPSA) is 52.0 Å². The summed E-state index contributed by atoms with van der Waals surface area (Å²) in [6.07, 6.45) is 0. The number of benzene rings is 3. The van der Waals surface area contributed by atoms with Crippen molar-refractivity contribution in [2.75, 3.05) is 11.5 Å². The van der Waals surface area contributed by atoms with Gasteiger partial charge >= 0.3 is 0 Å². The van der Waals surface area contributed by atoms with Crippen molar-refractivity contribution >= 4 is 32.9 Å². The van der Waals surface area contributed by atoms with Crippen molar-refractivity contribution in [1.29, 1.82) is 0 Å². The predicted octanol–water partition coefficient (Wildman–Crippen LogP) is 3.44. The van der Waals surface area contributed by atoms with E-state index in [1.54, 1.807) is 30.3 Å². The molecule has 90 valence electrons. The molecular weight excluding hydrogens is 234 g/mol. The minimum absolute atomic E-state index is 0.185. The van der Waals surface area contributed by atoms with E-state index in [9.17, 15) is 8.78 Å². The van der Waals surface area contributed by atoms with Crippen LogP contribution in [0.5, 0.6) is 0 Å². The first-order valence-corrected chi connectivity index (χ1v) is 5.43. The summed E-state index contributed by atoms with van der Waals surface area (Å²) in [5.41, 5.74) is 11.5. The number of nitrogens with two attached hydrogens (primary N) is 2. The lowest BCUT2D eigenvalue weighted by molar-refractivity contribution is 0.622. The van der Waals surface area contributed by atoms with Crippen LogP contribution in [0, 0.1) is 11.6 Å². The quantitative estimate of drug-likeness (QED) is 0.470. The first-order valence-electron chi connectivity index (χ1n) is 5.43. The van der Waals surface area contributed by atoms with E-state index in [1.165, 1.54) is 0 Å². The fraction of sp³-hybridized carbons (Fsp3) is 0. The van der Waals surface area contributed by atoms with E-state index >= 15 is 0 Å². The molecule has 0 aliphatic heterocycles. The molecule has 0 atom stereocenters. The van der Waals surface area contributed by atoms with E-state index in [4.69, 9.17) is 11.5 Å². The Morgan fingerprint density at radius 3 is 2.28 bits per heavy atom. The fourth-order valence-electron chi connectivity index (χ4n) is 2.13. The molecule has 0 heterocycles. The van der Waals surface area contributed by atoms with E-state index in [2.05, 4.69) is 0 Å². The smallest absolute Gasteiger partial charge is 0.154 e. The van der Waals surface area contributed by atoms with E-state index in [-0.39, 0.29) is 16.5 Å². The SMILES string of the molecule is Nc1ccc2cc3c(F)c(N)cc(F)c3cc2c1. The third-order valence-electron chi connectivity index (χ3n) is 3.03. The van der Waals surface area contributed by atoms with Crippen LogP contribution in [0.2, 0.25) is 0 Å². The van der Waals surface area contributed by atoms with Crippen molar-refractivity contribution in [1.82, 2.24) is 0 Å². The van der Waals surface area contributed by atoms with Crippen molar-refractivity contribution in [3.8, 4) is 0 Å². The van der Waals surface area contributed by atoms with E-state index in [0.717, 1.165) is 16.8 Å². The summed E-state index contributed by atoms with van der Waals surface area (Å²) in [7, 11) is 0. The summed E-state index contributed by atoms with van der Waals surface area (Å²) in [4.78, 5) is 0. The molecular formula is C14H10F2N2. The van der Waals surface area contributed by atoms with Crippen molar-refractivity contribution < 1.29 is 8.78 Å². The Kier molecular flexibility index (Phi) is 2.13. The van der Waals surface area contributed by atoms with Gasteiger partial charge in [-0.05, 0) is 35.0 Å². The van der Waals surface area contributed by atoms with E-state index in [0.29, 0.717) is 5.69 Å². The molecule has 0 aliphatic rings. The predicted molar refractivity (Wildman–Crippen MR) is 70.2 cm³/mol. The molecule has 0 radical (unpaired) electrons. The number of anilines is 2. The van der Waals surface area contributed by atoms with Gasteiger partial charge in [0.2, 0.25) is 0 Å². The van der Waals surface area contributed by atoms with Crippen LogP contribution in [0.4, 0.5) is 20.2 Å². The average molecular weight is 244 g/mol. The summed E-state index contributed by atoms with van der Waals surface area (Å²) in [5.74, 6) is -1.13. The van der Waals surface area contributed by atoms with Crippen LogP contribution in [0.25, 0.3) is 21.5 Å². The van der Waals surface area contributed by atoms with Gasteiger partial charge in [-0.15, -0.1) is 0 Å². The second-order valence-corrected chi connectivity index (χ2v) is 4.27. The minimum atomic E-state index is -0.592. The highest BCUT2D eigenvalue weighted by atomic mass is 19.1. The number of halogens is 2. The zero-order valence-electron chi connectivity index (χ0n) is 9.37. The first-order chi connectivity index (χ1) is 8.56. The molecule has 3 aromatic rings. The number of rotatable bonds is 0. The van der Waals surface area contributed by atoms with Crippen molar-refractivity contribution in [3.05, 3.63) is 48.0 Å². The third-order valence-corrected chi connectivity index (χ3v) is 3.03. The Labute approximate surface area is 102 Å². The van der Waals surface area contributed by atoms with E-state index in [1.807, 2.05) is 0 Å². The molecule has 3 aromatic carbocycles. The lowest BCUT2D eigenvalue weighted by atomic mass is 10.0. The molecule has 0 aliphatic carbocycles. The molecule has 4 N–H and O–H groups in total. The Morgan fingerprint density at radius 1 is 0.778 bits per heavy atom. The molecule has 18 heavy (non-hydrogen) atoms. The first kappa shape index (κ1) is 10.8. The molecule has 4 heteroatoms. The van der Waals surface area contributed by atoms with Crippen LogP contribution in [-0.2, 0) is 0 Å². The molecule has 0 unspecified atom stereocenters. The highest BCUT2D eigenvalue weighted by molar-refractivity contribution is 6.00. The van der Waals surface area contributed by atoms with Crippen LogP contribution >= 0.6 is 0 Å². The summed E-state index contributed by atoms with van der Waals surface area (Å²) in [6.45, 7) is 0. The zero-order valence-corrected chi connectivity index (χ0v) is 9.37. The van der Waals surface area contributed by atoms with Gasteiger partial charge in [0.05, 0.1) is 5.69 Å². The van der Waals surface area contributed by atoms with Gasteiger partial charge in [-0.3, -0.25) is 0 Å². The largest absolute Gasteiger partial charge is 0.399 e. The van der Waals surface area contributed by atoms with Gasteiger partial charge in [-0.1, -0.05) is 6.07 Å². The Balaban J connectivity index is 2.52. The maximum atomic E-state index is 13.9. The molecule has 3 rings (SSSR count). The minimum Gasteiger partial charge on any atom is -0.399 e. The van der Waals surface area contributed by atoms with Crippen molar-refractivity contribution in [2.24, 2.45) is 0 Å². The molecule has 0 aromatic heterocycles. The van der Waals surface area contributed by atoms with Crippen LogP contribution in [0.3, 0.4) is 0 Å². The summed E-state index contributed by atoms with van der Waals surface area (Å²) in [6, 6.07) is 9.37. The lowest BCUT2D eigenvalue weighted by Crippen LogP contribution is -1.94. The van der Waals surface area contributed by atoms with Gasteiger partial charge in [-0.25, -0.2) is 8.78 Å².